The molecule has 39 heavy (non-hydrogen) atoms. The van der Waals surface area contributed by atoms with E-state index in [2.05, 4.69) is 31.2 Å². The molecular weight excluding hydrogens is 590 g/mol. The van der Waals surface area contributed by atoms with Crippen LogP contribution in [0.3, 0.4) is 0 Å². The van der Waals surface area contributed by atoms with Crippen molar-refractivity contribution >= 4 is 50.9 Å². The molecule has 3 aromatic rings. The second-order valence-electron chi connectivity index (χ2n) is 9.99. The Labute approximate surface area is 237 Å². The Kier molecular flexibility index (Phi) is 8.03. The number of amides is 2. The molecule has 12 nitrogen and oxygen atoms in total. The molecule has 0 radical (unpaired) electrons. The number of hydrogen-bond donors (Lipinski definition) is 4. The number of aromatic amines is 1. The minimum absolute atomic E-state index is 0.124. The van der Waals surface area contributed by atoms with Crippen LogP contribution < -0.4 is 20.3 Å². The van der Waals surface area contributed by atoms with Gasteiger partial charge in [-0.15, -0.1) is 0 Å². The number of halogens is 1. The number of carbonyl (C=O) groups excluding carboxylic acids is 1. The Bertz CT molecular complexity index is 1450. The molecule has 1 saturated heterocycles. The molecule has 1 fully saturated rings. The van der Waals surface area contributed by atoms with Crippen LogP contribution in [0, 0.1) is 17.2 Å². The lowest BCUT2D eigenvalue weighted by atomic mass is 9.92. The number of benzene rings is 1. The van der Waals surface area contributed by atoms with E-state index in [4.69, 9.17) is 25.0 Å². The van der Waals surface area contributed by atoms with Gasteiger partial charge in [-0.1, -0.05) is 25.6 Å². The molecule has 0 saturated carbocycles. The molecule has 2 aliphatic heterocycles. The standard InChI is InChI=1S/C25H30BrN7O5S/c1-13(2)19(30-25(35)36)23(34)32-6-3-14(4-7-32)5-8-33-11-28-21(27)20-22(33)31-24(29-20)39-18-10-17-16(9-15(18)26)37-12-38-17/h9-11,13-14,19,27,30H,3-8,12H2,1-2H3,(H,29,31)(H,35,36)/t19-/m0/s1. The number of aromatic nitrogens is 4. The third kappa shape index (κ3) is 6.01. The number of carboxylic acid groups (broad SMARTS) is 1. The molecule has 208 valence electrons. The summed E-state index contributed by atoms with van der Waals surface area (Å²) in [6, 6.07) is 3.04. The zero-order valence-corrected chi connectivity index (χ0v) is 24.0. The van der Waals surface area contributed by atoms with Crippen molar-refractivity contribution in [2.45, 2.75) is 55.7 Å². The minimum Gasteiger partial charge on any atom is -0.465 e. The number of likely N-dealkylation sites (tertiary alicyclic amines) is 1. The van der Waals surface area contributed by atoms with Crippen LogP contribution in [0.4, 0.5) is 4.79 Å². The number of nitrogens with one attached hydrogen (secondary N) is 3. The van der Waals surface area contributed by atoms with E-state index in [0.717, 1.165) is 28.6 Å². The van der Waals surface area contributed by atoms with Gasteiger partial charge in [-0.05, 0) is 59.2 Å². The number of aryl methyl sites for hydroxylation is 1. The topological polar surface area (TPSA) is 158 Å². The van der Waals surface area contributed by atoms with Crippen LogP contribution in [0.2, 0.25) is 0 Å². The van der Waals surface area contributed by atoms with Crippen molar-refractivity contribution in [1.82, 2.24) is 29.7 Å². The van der Waals surface area contributed by atoms with E-state index in [-0.39, 0.29) is 24.1 Å². The van der Waals surface area contributed by atoms with Crippen molar-refractivity contribution in [2.75, 3.05) is 19.9 Å². The summed E-state index contributed by atoms with van der Waals surface area (Å²) in [5.41, 5.74) is 1.37. The van der Waals surface area contributed by atoms with Gasteiger partial charge < -0.3 is 34.3 Å². The van der Waals surface area contributed by atoms with Gasteiger partial charge in [0.05, 0.1) is 6.33 Å². The van der Waals surface area contributed by atoms with Gasteiger partial charge in [0.1, 0.15) is 11.6 Å². The molecule has 5 rings (SSSR count). The molecule has 1 atom stereocenters. The lowest BCUT2D eigenvalue weighted by Crippen LogP contribution is -2.52. The van der Waals surface area contributed by atoms with Crippen molar-refractivity contribution in [3.63, 3.8) is 0 Å². The van der Waals surface area contributed by atoms with E-state index in [1.54, 1.807) is 11.2 Å². The minimum atomic E-state index is -1.18. The van der Waals surface area contributed by atoms with Crippen LogP contribution in [-0.2, 0) is 11.3 Å². The van der Waals surface area contributed by atoms with Gasteiger partial charge in [0.2, 0.25) is 12.7 Å². The lowest BCUT2D eigenvalue weighted by molar-refractivity contribution is -0.135. The molecule has 0 unspecified atom stereocenters. The Morgan fingerprint density at radius 3 is 2.69 bits per heavy atom. The van der Waals surface area contributed by atoms with Gasteiger partial charge in [0, 0.05) is 29.0 Å². The van der Waals surface area contributed by atoms with Crippen molar-refractivity contribution in [3.05, 3.63) is 28.4 Å². The summed E-state index contributed by atoms with van der Waals surface area (Å²) < 4.78 is 13.7. The summed E-state index contributed by atoms with van der Waals surface area (Å²) in [4.78, 5) is 38.9. The zero-order chi connectivity index (χ0) is 27.7. The van der Waals surface area contributed by atoms with E-state index in [9.17, 15) is 9.59 Å². The number of fused-ring (bicyclic) bond motifs is 2. The van der Waals surface area contributed by atoms with Crippen molar-refractivity contribution < 1.29 is 24.2 Å². The molecule has 14 heteroatoms. The molecule has 2 aliphatic rings. The number of carbonyl (C=O) groups is 2. The summed E-state index contributed by atoms with van der Waals surface area (Å²) >= 11 is 5.01. The van der Waals surface area contributed by atoms with Gasteiger partial charge in [0.15, 0.2) is 27.8 Å². The van der Waals surface area contributed by atoms with E-state index in [0.29, 0.717) is 53.4 Å². The lowest BCUT2D eigenvalue weighted by Gasteiger charge is -2.35. The number of piperidine rings is 1. The quantitative estimate of drug-likeness (QED) is 0.296. The third-order valence-corrected chi connectivity index (χ3v) is 8.91. The first-order valence-corrected chi connectivity index (χ1v) is 14.4. The van der Waals surface area contributed by atoms with Crippen LogP contribution in [0.25, 0.3) is 11.2 Å². The number of imidazole rings is 1. The van der Waals surface area contributed by atoms with Crippen LogP contribution in [0.1, 0.15) is 33.1 Å². The highest BCUT2D eigenvalue weighted by Crippen LogP contribution is 2.42. The predicted molar refractivity (Wildman–Crippen MR) is 146 cm³/mol. The summed E-state index contributed by atoms with van der Waals surface area (Å²) in [5.74, 6) is 1.50. The van der Waals surface area contributed by atoms with Gasteiger partial charge >= 0.3 is 6.09 Å². The Hall–Kier alpha value is -3.26. The van der Waals surface area contributed by atoms with Gasteiger partial charge in [-0.2, -0.15) is 0 Å². The van der Waals surface area contributed by atoms with Crippen molar-refractivity contribution in [3.8, 4) is 11.5 Å². The van der Waals surface area contributed by atoms with E-state index < -0.39 is 12.1 Å². The van der Waals surface area contributed by atoms with Crippen molar-refractivity contribution in [1.29, 1.82) is 5.41 Å². The van der Waals surface area contributed by atoms with Gasteiger partial charge in [-0.3, -0.25) is 10.2 Å². The average molecular weight is 621 g/mol. The van der Waals surface area contributed by atoms with Gasteiger partial charge in [-0.25, -0.2) is 14.8 Å². The number of nitrogens with zero attached hydrogens (tertiary/aromatic N) is 4. The summed E-state index contributed by atoms with van der Waals surface area (Å²) in [6.45, 7) is 5.76. The molecule has 0 spiro atoms. The molecule has 0 bridgehead atoms. The maximum atomic E-state index is 12.9. The first-order valence-electron chi connectivity index (χ1n) is 12.7. The fraction of sp³-hybridized carbons (Fsp3) is 0.480. The summed E-state index contributed by atoms with van der Waals surface area (Å²) in [6.07, 6.45) is 3.04. The fourth-order valence-electron chi connectivity index (χ4n) is 4.86. The maximum Gasteiger partial charge on any atom is 0.405 e. The second kappa shape index (κ2) is 11.5. The fourth-order valence-corrected chi connectivity index (χ4v) is 6.24. The Balaban J connectivity index is 1.23. The SMILES string of the molecule is CC(C)[C@H](NC(=O)O)C(=O)N1CCC(CCn2cnc(=N)c3[nH]c(Sc4cc5c(cc4Br)OCO5)nc32)CC1. The normalized spacial score (nSPS) is 16.2. The maximum absolute atomic E-state index is 12.9. The molecule has 4 heterocycles. The van der Waals surface area contributed by atoms with Crippen LogP contribution >= 0.6 is 27.7 Å². The number of rotatable bonds is 8. The first kappa shape index (κ1) is 27.3. The first-order chi connectivity index (χ1) is 18.7. The molecular formula is C25H30BrN7O5S. The zero-order valence-electron chi connectivity index (χ0n) is 21.6. The molecule has 2 aromatic heterocycles. The van der Waals surface area contributed by atoms with Crippen LogP contribution in [0.15, 0.2) is 33.0 Å². The van der Waals surface area contributed by atoms with Crippen LogP contribution in [-0.4, -0.2) is 67.5 Å². The Morgan fingerprint density at radius 2 is 2.00 bits per heavy atom. The summed E-state index contributed by atoms with van der Waals surface area (Å²) in [7, 11) is 0. The van der Waals surface area contributed by atoms with Gasteiger partial charge in [0.25, 0.3) is 0 Å². The molecule has 4 N–H and O–H groups in total. The number of ether oxygens (including phenoxy) is 2. The summed E-state index contributed by atoms with van der Waals surface area (Å²) in [5, 5.41) is 20.4. The average Bonchev–Trinajstić information content (AvgIpc) is 3.54. The number of hydrogen-bond acceptors (Lipinski definition) is 8. The smallest absolute Gasteiger partial charge is 0.405 e. The molecule has 1 aromatic carbocycles. The van der Waals surface area contributed by atoms with Crippen LogP contribution in [0.5, 0.6) is 11.5 Å². The monoisotopic (exact) mass is 619 g/mol. The second-order valence-corrected chi connectivity index (χ2v) is 11.9. The third-order valence-electron chi connectivity index (χ3n) is 7.05. The largest absolute Gasteiger partial charge is 0.465 e. The van der Waals surface area contributed by atoms with E-state index >= 15 is 0 Å². The van der Waals surface area contributed by atoms with E-state index in [1.807, 2.05) is 30.5 Å². The molecule has 2 amide bonds. The molecule has 0 aliphatic carbocycles. The Morgan fingerprint density at radius 1 is 1.28 bits per heavy atom. The number of H-pyrrole nitrogens is 1. The highest BCUT2D eigenvalue weighted by atomic mass is 79.9. The highest BCUT2D eigenvalue weighted by molar-refractivity contribution is 9.10. The predicted octanol–water partition coefficient (Wildman–Crippen LogP) is 3.80. The van der Waals surface area contributed by atoms with E-state index in [1.165, 1.54) is 11.8 Å². The van der Waals surface area contributed by atoms with Crippen molar-refractivity contribution in [2.24, 2.45) is 11.8 Å². The highest BCUT2D eigenvalue weighted by Gasteiger charge is 2.31.